The molecule has 0 aromatic rings. The van der Waals surface area contributed by atoms with E-state index in [9.17, 15) is 0 Å². The van der Waals surface area contributed by atoms with E-state index in [1.54, 1.807) is 0 Å². The lowest BCUT2D eigenvalue weighted by Crippen LogP contribution is -1.90. The van der Waals surface area contributed by atoms with E-state index < -0.39 is 0 Å². The molecule has 0 amide bonds. The molecule has 0 N–H and O–H groups in total. The third-order valence-corrected chi connectivity index (χ3v) is 1.88. The van der Waals surface area contributed by atoms with E-state index >= 15 is 0 Å². The minimum absolute atomic E-state index is 0. The standard InChI is InChI=1S/C5H12.C4H11OP.8CH4/c1-4-5(2)3;1-4(2)5-6-3;;;;;;;;/h5H,4H2,1-3H3;4,6H,1-3H3;8*1H4. The first-order valence-electron chi connectivity index (χ1n) is 4.36. The Morgan fingerprint density at radius 1 is 0.737 bits per heavy atom. The molecule has 2 heteroatoms. The van der Waals surface area contributed by atoms with Gasteiger partial charge in [0.2, 0.25) is 0 Å². The first-order chi connectivity index (χ1) is 5.04. The van der Waals surface area contributed by atoms with Crippen molar-refractivity contribution < 1.29 is 4.52 Å². The Balaban J connectivity index is -0.00000000754. The van der Waals surface area contributed by atoms with Crippen LogP contribution in [-0.4, -0.2) is 12.8 Å². The highest BCUT2D eigenvalue weighted by Crippen LogP contribution is 2.07. The molecule has 1 unspecified atom stereocenters. The van der Waals surface area contributed by atoms with Crippen molar-refractivity contribution in [3.05, 3.63) is 0 Å². The highest BCUT2D eigenvalue weighted by atomic mass is 31.1. The Morgan fingerprint density at radius 3 is 0.947 bits per heavy atom. The van der Waals surface area contributed by atoms with Gasteiger partial charge in [-0.05, 0) is 26.4 Å². The van der Waals surface area contributed by atoms with Crippen molar-refractivity contribution in [1.29, 1.82) is 0 Å². The Morgan fingerprint density at radius 2 is 0.947 bits per heavy atom. The fraction of sp³-hybridized carbons (Fsp3) is 1.00. The summed E-state index contributed by atoms with van der Waals surface area (Å²) in [6, 6.07) is 0. The van der Waals surface area contributed by atoms with Crippen LogP contribution in [0.1, 0.15) is 100 Å². The minimum Gasteiger partial charge on any atom is -0.360 e. The molecule has 0 bridgehead atoms. The fourth-order valence-electron chi connectivity index (χ4n) is 0.236. The van der Waals surface area contributed by atoms with Crippen molar-refractivity contribution in [1.82, 2.24) is 0 Å². The first kappa shape index (κ1) is 74.4. The van der Waals surface area contributed by atoms with Gasteiger partial charge in [0.1, 0.15) is 0 Å². The lowest BCUT2D eigenvalue weighted by atomic mass is 10.2. The van der Waals surface area contributed by atoms with Gasteiger partial charge in [-0.3, -0.25) is 0 Å². The summed E-state index contributed by atoms with van der Waals surface area (Å²) in [6.45, 7) is 12.7. The Hall–Kier alpha value is 0.390. The van der Waals surface area contributed by atoms with Crippen LogP contribution >= 0.6 is 8.81 Å². The maximum absolute atomic E-state index is 5.07. The van der Waals surface area contributed by atoms with Gasteiger partial charge in [0, 0.05) is 8.81 Å². The van der Waals surface area contributed by atoms with E-state index in [0.717, 1.165) is 5.92 Å². The Labute approximate surface area is 133 Å². The van der Waals surface area contributed by atoms with E-state index in [4.69, 9.17) is 4.52 Å². The summed E-state index contributed by atoms with van der Waals surface area (Å²) in [5.74, 6) is 0.884. The molecule has 0 aromatic heterocycles. The largest absolute Gasteiger partial charge is 0.360 e. The van der Waals surface area contributed by atoms with E-state index in [1.165, 1.54) is 6.42 Å². The molecule has 0 fully saturated rings. The monoisotopic (exact) mass is 306 g/mol. The molecular formula is C17H55OP. The van der Waals surface area contributed by atoms with Gasteiger partial charge in [-0.2, -0.15) is 0 Å². The third kappa shape index (κ3) is 170. The normalized spacial score (nSPS) is 6.32. The van der Waals surface area contributed by atoms with Crippen molar-refractivity contribution in [2.45, 2.75) is 107 Å². The molecule has 0 radical (unpaired) electrons. The van der Waals surface area contributed by atoms with Crippen LogP contribution in [-0.2, 0) is 4.52 Å². The molecule has 0 rings (SSSR count). The molecule has 0 heterocycles. The molecule has 0 aliphatic rings. The van der Waals surface area contributed by atoms with Crippen LogP contribution in [0.25, 0.3) is 0 Å². The summed E-state index contributed by atoms with van der Waals surface area (Å²) in [6.07, 6.45) is 1.72. The van der Waals surface area contributed by atoms with Crippen LogP contribution in [0.2, 0.25) is 0 Å². The third-order valence-electron chi connectivity index (χ3n) is 1.17. The zero-order valence-electron chi connectivity index (χ0n) is 8.77. The maximum Gasteiger partial charge on any atom is 0.0557 e. The van der Waals surface area contributed by atoms with E-state index in [-0.39, 0.29) is 59.4 Å². The fourth-order valence-corrected chi connectivity index (χ4v) is 0.707. The van der Waals surface area contributed by atoms with Gasteiger partial charge >= 0.3 is 0 Å². The van der Waals surface area contributed by atoms with Gasteiger partial charge in [0.05, 0.1) is 6.10 Å². The smallest absolute Gasteiger partial charge is 0.0557 e. The van der Waals surface area contributed by atoms with Crippen molar-refractivity contribution in [3.63, 3.8) is 0 Å². The second-order valence-electron chi connectivity index (χ2n) is 3.17. The predicted octanol–water partition coefficient (Wildman–Crippen LogP) is 8.78. The summed E-state index contributed by atoms with van der Waals surface area (Å²) in [4.78, 5) is 0. The molecule has 19 heavy (non-hydrogen) atoms. The second kappa shape index (κ2) is 63.1. The lowest BCUT2D eigenvalue weighted by molar-refractivity contribution is 0.281. The predicted molar refractivity (Wildman–Crippen MR) is 109 cm³/mol. The van der Waals surface area contributed by atoms with Gasteiger partial charge in [0.25, 0.3) is 0 Å². The van der Waals surface area contributed by atoms with Crippen LogP contribution in [0.3, 0.4) is 0 Å². The van der Waals surface area contributed by atoms with Crippen molar-refractivity contribution >= 4 is 8.81 Å². The first-order valence-corrected chi connectivity index (χ1v) is 5.77. The molecule has 1 nitrogen and oxygen atoms in total. The van der Waals surface area contributed by atoms with Gasteiger partial charge in [-0.1, -0.05) is 86.6 Å². The van der Waals surface area contributed by atoms with Crippen LogP contribution in [0.15, 0.2) is 0 Å². The molecular weight excluding hydrogens is 251 g/mol. The quantitative estimate of drug-likeness (QED) is 0.473. The summed E-state index contributed by atoms with van der Waals surface area (Å²) < 4.78 is 5.07. The maximum atomic E-state index is 5.07. The summed E-state index contributed by atoms with van der Waals surface area (Å²) in [5.41, 5.74) is 0. The Kier molecular flexibility index (Phi) is 247. The van der Waals surface area contributed by atoms with Gasteiger partial charge in [-0.15, -0.1) is 0 Å². The van der Waals surface area contributed by atoms with E-state index in [1.807, 2.05) is 20.5 Å². The summed E-state index contributed by atoms with van der Waals surface area (Å²) in [5, 5.41) is 0. The molecule has 0 aliphatic carbocycles. The van der Waals surface area contributed by atoms with E-state index in [0.29, 0.717) is 14.9 Å². The molecule has 1 atom stereocenters. The minimum atomic E-state index is 0. The van der Waals surface area contributed by atoms with Crippen LogP contribution in [0.5, 0.6) is 0 Å². The highest BCUT2D eigenvalue weighted by Gasteiger charge is 1.84. The molecule has 0 spiro atoms. The molecule has 0 saturated heterocycles. The second-order valence-corrected chi connectivity index (χ2v) is 3.82. The van der Waals surface area contributed by atoms with Gasteiger partial charge in [-0.25, -0.2) is 0 Å². The summed E-state index contributed by atoms with van der Waals surface area (Å²) in [7, 11) is 0.638. The zero-order valence-corrected chi connectivity index (χ0v) is 9.77. The van der Waals surface area contributed by atoms with Crippen LogP contribution in [0, 0.1) is 5.92 Å². The summed E-state index contributed by atoms with van der Waals surface area (Å²) >= 11 is 0. The molecule has 134 valence electrons. The van der Waals surface area contributed by atoms with Crippen molar-refractivity contribution in [2.75, 3.05) is 6.66 Å². The SMILES string of the molecule is C.C.C.C.C.C.C.C.CCC(C)C.CPOC(C)C. The van der Waals surface area contributed by atoms with Crippen LogP contribution < -0.4 is 0 Å². The van der Waals surface area contributed by atoms with E-state index in [2.05, 4.69) is 20.8 Å². The average molecular weight is 307 g/mol. The zero-order chi connectivity index (χ0) is 9.28. The Bertz CT molecular complexity index is 64.3. The molecule has 0 aromatic carbocycles. The van der Waals surface area contributed by atoms with Crippen molar-refractivity contribution in [3.8, 4) is 0 Å². The molecule has 0 saturated carbocycles. The van der Waals surface area contributed by atoms with Gasteiger partial charge in [0.15, 0.2) is 0 Å². The number of rotatable bonds is 3. The van der Waals surface area contributed by atoms with Gasteiger partial charge < -0.3 is 4.52 Å². The van der Waals surface area contributed by atoms with Crippen molar-refractivity contribution in [2.24, 2.45) is 5.92 Å². The number of hydrogen-bond acceptors (Lipinski definition) is 1. The molecule has 0 aliphatic heterocycles. The lowest BCUT2D eigenvalue weighted by Gasteiger charge is -2.00. The topological polar surface area (TPSA) is 9.23 Å². The average Bonchev–Trinajstić information content (AvgIpc) is 1.89. The van der Waals surface area contributed by atoms with Crippen LogP contribution in [0.4, 0.5) is 0 Å². The number of hydrogen-bond donors (Lipinski definition) is 0. The highest BCUT2D eigenvalue weighted by molar-refractivity contribution is 7.31.